The first-order valence-corrected chi connectivity index (χ1v) is 9.13. The fourth-order valence-electron chi connectivity index (χ4n) is 2.82. The number of benzene rings is 2. The summed E-state index contributed by atoms with van der Waals surface area (Å²) in [6.07, 6.45) is -0.0958. The summed E-state index contributed by atoms with van der Waals surface area (Å²) in [6, 6.07) is 16.8. The van der Waals surface area contributed by atoms with E-state index in [0.29, 0.717) is 6.42 Å². The van der Waals surface area contributed by atoms with Crippen molar-refractivity contribution in [2.45, 2.75) is 45.8 Å². The smallest absolute Gasteiger partial charge is 0.408 e. The van der Waals surface area contributed by atoms with Crippen LogP contribution in [0, 0.1) is 5.92 Å². The van der Waals surface area contributed by atoms with Crippen molar-refractivity contribution in [2.24, 2.45) is 5.92 Å². The van der Waals surface area contributed by atoms with Crippen LogP contribution in [0.4, 0.5) is 4.79 Å². The van der Waals surface area contributed by atoms with Crippen molar-refractivity contribution in [1.29, 1.82) is 0 Å². The fourth-order valence-corrected chi connectivity index (χ4v) is 2.82. The molecule has 2 atom stereocenters. The molecule has 1 amide bonds. The molecule has 2 N–H and O–H groups in total. The van der Waals surface area contributed by atoms with Gasteiger partial charge in [0, 0.05) is 0 Å². The van der Waals surface area contributed by atoms with Crippen molar-refractivity contribution in [3.05, 3.63) is 60.2 Å². The van der Waals surface area contributed by atoms with E-state index in [0.717, 1.165) is 16.7 Å². The Balaban J connectivity index is 2.09. The molecular weight excluding hydrogens is 342 g/mol. The number of carbonyl (C=O) groups is 2. The second-order valence-electron chi connectivity index (χ2n) is 7.19. The first-order chi connectivity index (χ1) is 12.7. The number of carbonyl (C=O) groups excluding carboxylic acids is 1. The number of carboxylic acids is 1. The van der Waals surface area contributed by atoms with Gasteiger partial charge in [-0.1, -0.05) is 74.9 Å². The lowest BCUT2D eigenvalue weighted by atomic mass is 9.95. The van der Waals surface area contributed by atoms with Gasteiger partial charge in [0.15, 0.2) is 0 Å². The summed E-state index contributed by atoms with van der Waals surface area (Å²) in [4.78, 5) is 23.6. The highest BCUT2D eigenvalue weighted by molar-refractivity contribution is 5.80. The summed E-state index contributed by atoms with van der Waals surface area (Å²) in [6.45, 7) is 7.23. The summed E-state index contributed by atoms with van der Waals surface area (Å²) in [5.41, 5.74) is 2.12. The number of hydrogen-bond donors (Lipinski definition) is 2. The molecule has 5 heteroatoms. The summed E-state index contributed by atoms with van der Waals surface area (Å²) in [7, 11) is 0. The number of ether oxygens (including phenoxy) is 1. The summed E-state index contributed by atoms with van der Waals surface area (Å²) >= 11 is 0. The molecule has 0 heterocycles. The lowest BCUT2D eigenvalue weighted by molar-refractivity contribution is -0.140. The first kappa shape index (κ1) is 20.5. The quantitative estimate of drug-likeness (QED) is 0.734. The highest BCUT2D eigenvalue weighted by atomic mass is 16.6. The molecule has 2 aromatic rings. The molecule has 0 aliphatic carbocycles. The van der Waals surface area contributed by atoms with Gasteiger partial charge in [0.25, 0.3) is 0 Å². The maximum absolute atomic E-state index is 12.3. The van der Waals surface area contributed by atoms with Gasteiger partial charge in [0.1, 0.15) is 11.6 Å². The number of nitrogens with one attached hydrogen (secondary N) is 1. The van der Waals surface area contributed by atoms with Gasteiger partial charge in [-0.15, -0.1) is 0 Å². The SMILES string of the molecule is CC[C@H](C)[C@@H](NC(=O)OC(C)(C)c1ccc(-c2ccccc2)cc1)C(=O)O. The van der Waals surface area contributed by atoms with Crippen LogP contribution < -0.4 is 5.32 Å². The molecule has 2 rings (SSSR count). The van der Waals surface area contributed by atoms with Crippen LogP contribution in [-0.4, -0.2) is 23.2 Å². The Kier molecular flexibility index (Phi) is 6.61. The van der Waals surface area contributed by atoms with Crippen LogP contribution in [-0.2, 0) is 15.1 Å². The zero-order valence-corrected chi connectivity index (χ0v) is 16.2. The lowest BCUT2D eigenvalue weighted by Gasteiger charge is -2.28. The van der Waals surface area contributed by atoms with Gasteiger partial charge < -0.3 is 15.2 Å². The van der Waals surface area contributed by atoms with Crippen LogP contribution in [0.15, 0.2) is 54.6 Å². The van der Waals surface area contributed by atoms with Crippen LogP contribution in [0.25, 0.3) is 11.1 Å². The molecule has 0 aliphatic heterocycles. The van der Waals surface area contributed by atoms with Gasteiger partial charge in [-0.2, -0.15) is 0 Å². The van der Waals surface area contributed by atoms with Gasteiger partial charge in [0.05, 0.1) is 0 Å². The molecule has 0 bridgehead atoms. The third-order valence-electron chi connectivity index (χ3n) is 4.79. The predicted octanol–water partition coefficient (Wildman–Crippen LogP) is 4.81. The van der Waals surface area contributed by atoms with E-state index in [1.807, 2.05) is 61.5 Å². The van der Waals surface area contributed by atoms with E-state index in [-0.39, 0.29) is 5.92 Å². The molecule has 2 aromatic carbocycles. The van der Waals surface area contributed by atoms with Gasteiger partial charge in [-0.3, -0.25) is 0 Å². The number of aliphatic carboxylic acids is 1. The van der Waals surface area contributed by atoms with E-state index in [2.05, 4.69) is 5.32 Å². The fraction of sp³-hybridized carbons (Fsp3) is 0.364. The Morgan fingerprint density at radius 3 is 2.11 bits per heavy atom. The van der Waals surface area contributed by atoms with E-state index >= 15 is 0 Å². The second kappa shape index (κ2) is 8.71. The van der Waals surface area contributed by atoms with E-state index in [1.165, 1.54) is 0 Å². The third-order valence-corrected chi connectivity index (χ3v) is 4.79. The Labute approximate surface area is 160 Å². The maximum Gasteiger partial charge on any atom is 0.408 e. The second-order valence-corrected chi connectivity index (χ2v) is 7.19. The molecule has 27 heavy (non-hydrogen) atoms. The van der Waals surface area contributed by atoms with Crippen molar-refractivity contribution in [1.82, 2.24) is 5.32 Å². The highest BCUT2D eigenvalue weighted by Crippen LogP contribution is 2.28. The van der Waals surface area contributed by atoms with Crippen LogP contribution in [0.2, 0.25) is 0 Å². The molecule has 0 fully saturated rings. The van der Waals surface area contributed by atoms with Crippen molar-refractivity contribution >= 4 is 12.1 Å². The van der Waals surface area contributed by atoms with E-state index in [4.69, 9.17) is 4.74 Å². The molecule has 0 saturated heterocycles. The normalized spacial score (nSPS) is 13.5. The largest absolute Gasteiger partial charge is 0.480 e. The van der Waals surface area contributed by atoms with Crippen LogP contribution in [0.3, 0.4) is 0 Å². The third kappa shape index (κ3) is 5.33. The minimum Gasteiger partial charge on any atom is -0.480 e. The van der Waals surface area contributed by atoms with Crippen molar-refractivity contribution in [3.8, 4) is 11.1 Å². The first-order valence-electron chi connectivity index (χ1n) is 9.13. The zero-order valence-electron chi connectivity index (χ0n) is 16.2. The molecule has 5 nitrogen and oxygen atoms in total. The minimum atomic E-state index is -1.06. The molecule has 0 spiro atoms. The monoisotopic (exact) mass is 369 g/mol. The van der Waals surface area contributed by atoms with Gasteiger partial charge in [0.2, 0.25) is 0 Å². The molecular formula is C22H27NO4. The topological polar surface area (TPSA) is 75.6 Å². The average molecular weight is 369 g/mol. The number of hydrogen-bond acceptors (Lipinski definition) is 3. The molecule has 0 radical (unpaired) electrons. The molecule has 0 saturated carbocycles. The van der Waals surface area contributed by atoms with Crippen molar-refractivity contribution < 1.29 is 19.4 Å². The summed E-state index contributed by atoms with van der Waals surface area (Å²) in [5.74, 6) is -1.25. The molecule has 144 valence electrons. The minimum absolute atomic E-state index is 0.191. The van der Waals surface area contributed by atoms with E-state index < -0.39 is 23.7 Å². The van der Waals surface area contributed by atoms with Gasteiger partial charge in [-0.25, -0.2) is 9.59 Å². The van der Waals surface area contributed by atoms with E-state index in [1.54, 1.807) is 20.8 Å². The average Bonchev–Trinajstić information content (AvgIpc) is 2.65. The van der Waals surface area contributed by atoms with E-state index in [9.17, 15) is 14.7 Å². The van der Waals surface area contributed by atoms with Crippen LogP contribution >= 0.6 is 0 Å². The molecule has 0 aliphatic rings. The predicted molar refractivity (Wildman–Crippen MR) is 105 cm³/mol. The maximum atomic E-state index is 12.3. The highest BCUT2D eigenvalue weighted by Gasteiger charge is 2.30. The number of rotatable bonds is 7. The Morgan fingerprint density at radius 1 is 1.04 bits per heavy atom. The summed E-state index contributed by atoms with van der Waals surface area (Å²) in [5, 5.41) is 11.8. The standard InChI is InChI=1S/C22H27NO4/c1-5-15(2)19(20(24)25)23-21(26)27-22(3,4)18-13-11-17(12-14-18)16-9-7-6-8-10-16/h6-15,19H,5H2,1-4H3,(H,23,26)(H,24,25)/t15-,19+/m0/s1. The molecule has 0 aromatic heterocycles. The number of amides is 1. The lowest BCUT2D eigenvalue weighted by Crippen LogP contribution is -2.46. The summed E-state index contributed by atoms with van der Waals surface area (Å²) < 4.78 is 5.53. The molecule has 0 unspecified atom stereocenters. The Hall–Kier alpha value is -2.82. The Morgan fingerprint density at radius 2 is 1.59 bits per heavy atom. The zero-order chi connectivity index (χ0) is 20.0. The van der Waals surface area contributed by atoms with Crippen LogP contribution in [0.1, 0.15) is 39.7 Å². The van der Waals surface area contributed by atoms with Gasteiger partial charge >= 0.3 is 12.1 Å². The van der Waals surface area contributed by atoms with Crippen molar-refractivity contribution in [3.63, 3.8) is 0 Å². The van der Waals surface area contributed by atoms with Crippen molar-refractivity contribution in [2.75, 3.05) is 0 Å². The number of alkyl carbamates (subject to hydrolysis) is 1. The van der Waals surface area contributed by atoms with Gasteiger partial charge in [-0.05, 0) is 36.5 Å². The van der Waals surface area contributed by atoms with Crippen LogP contribution in [0.5, 0.6) is 0 Å². The Bertz CT molecular complexity index is 769. The number of carboxylic acid groups (broad SMARTS) is 1.